The Balaban J connectivity index is 1.90. The second-order valence-corrected chi connectivity index (χ2v) is 11.2. The number of pyridine rings is 1. The van der Waals surface area contributed by atoms with E-state index >= 15 is 0 Å². The minimum atomic E-state index is -1.01. The van der Waals surface area contributed by atoms with E-state index in [2.05, 4.69) is 50.8 Å². The monoisotopic (exact) mass is 558 g/mol. The van der Waals surface area contributed by atoms with Crippen LogP contribution in [0.15, 0.2) is 28.9 Å². The van der Waals surface area contributed by atoms with Gasteiger partial charge in [-0.1, -0.05) is 15.9 Å². The minimum Gasteiger partial charge on any atom is -0.481 e. The van der Waals surface area contributed by atoms with Crippen LogP contribution in [0.2, 0.25) is 0 Å². The largest absolute Gasteiger partial charge is 0.481 e. The predicted octanol–water partition coefficient (Wildman–Crippen LogP) is 6.21. The highest BCUT2D eigenvalue weighted by Gasteiger charge is 2.27. The first-order valence-electron chi connectivity index (χ1n) is 11.9. The molecule has 2 aromatic heterocycles. The Kier molecular flexibility index (Phi) is 8.03. The summed E-state index contributed by atoms with van der Waals surface area (Å²) in [5.41, 5.74) is 4.24. The number of hydrogen-bond acceptors (Lipinski definition) is 4. The molecule has 9 heteroatoms. The van der Waals surface area contributed by atoms with E-state index in [0.717, 1.165) is 32.1 Å². The third-order valence-electron chi connectivity index (χ3n) is 6.23. The van der Waals surface area contributed by atoms with Crippen LogP contribution in [0.5, 0.6) is 5.88 Å². The number of ether oxygens (including phenoxy) is 1. The van der Waals surface area contributed by atoms with Crippen molar-refractivity contribution < 1.29 is 19.4 Å². The number of carbonyl (C=O) groups is 2. The SMILES string of the molecule is COc1nc(CN(C(=O)O)C(C)(C)C)cc(C)c1CNC(=O)c1cc(Br)cc2c1c(C)cn2C(C)C. The predicted molar refractivity (Wildman–Crippen MR) is 145 cm³/mol. The summed E-state index contributed by atoms with van der Waals surface area (Å²) in [5.74, 6) is 0.173. The maximum absolute atomic E-state index is 13.3. The average molecular weight is 560 g/mol. The zero-order valence-corrected chi connectivity index (χ0v) is 23.8. The molecule has 0 aliphatic heterocycles. The third kappa shape index (κ3) is 5.67. The Bertz CT molecular complexity index is 1310. The number of amides is 2. The molecular formula is C27H35BrN4O4. The molecule has 8 nitrogen and oxygen atoms in total. The van der Waals surface area contributed by atoms with E-state index in [1.165, 1.54) is 12.0 Å². The van der Waals surface area contributed by atoms with Crippen molar-refractivity contribution in [3.8, 4) is 5.88 Å². The topological polar surface area (TPSA) is 96.7 Å². The normalized spacial score (nSPS) is 11.7. The lowest BCUT2D eigenvalue weighted by Gasteiger charge is -2.33. The van der Waals surface area contributed by atoms with Gasteiger partial charge in [0, 0.05) is 39.7 Å². The number of benzene rings is 1. The molecule has 0 radical (unpaired) electrons. The zero-order valence-electron chi connectivity index (χ0n) is 22.2. The molecule has 2 amide bonds. The molecule has 36 heavy (non-hydrogen) atoms. The number of rotatable bonds is 7. The first-order valence-corrected chi connectivity index (χ1v) is 12.7. The van der Waals surface area contributed by atoms with Crippen LogP contribution in [0.3, 0.4) is 0 Å². The number of nitrogens with zero attached hydrogens (tertiary/aromatic N) is 3. The number of fused-ring (bicyclic) bond motifs is 1. The van der Waals surface area contributed by atoms with Gasteiger partial charge in [-0.05, 0) is 77.8 Å². The Morgan fingerprint density at radius 3 is 2.42 bits per heavy atom. The van der Waals surface area contributed by atoms with Gasteiger partial charge in [-0.25, -0.2) is 9.78 Å². The van der Waals surface area contributed by atoms with E-state index in [1.807, 2.05) is 52.8 Å². The Morgan fingerprint density at radius 1 is 1.19 bits per heavy atom. The van der Waals surface area contributed by atoms with E-state index in [-0.39, 0.29) is 25.0 Å². The van der Waals surface area contributed by atoms with Gasteiger partial charge in [-0.2, -0.15) is 0 Å². The molecular weight excluding hydrogens is 524 g/mol. The molecule has 2 heterocycles. The smallest absolute Gasteiger partial charge is 0.408 e. The van der Waals surface area contributed by atoms with Gasteiger partial charge in [0.05, 0.1) is 30.4 Å². The van der Waals surface area contributed by atoms with Gasteiger partial charge in [-0.15, -0.1) is 0 Å². The molecule has 0 spiro atoms. The molecule has 0 atom stereocenters. The number of aromatic nitrogens is 2. The summed E-state index contributed by atoms with van der Waals surface area (Å²) in [6, 6.07) is 5.98. The van der Waals surface area contributed by atoms with Crippen LogP contribution in [0, 0.1) is 13.8 Å². The molecule has 0 saturated heterocycles. The van der Waals surface area contributed by atoms with Crippen LogP contribution in [0.1, 0.15) is 73.4 Å². The molecule has 0 aliphatic rings. The Morgan fingerprint density at radius 2 is 1.86 bits per heavy atom. The van der Waals surface area contributed by atoms with E-state index in [0.29, 0.717) is 17.1 Å². The summed E-state index contributed by atoms with van der Waals surface area (Å²) in [5, 5.41) is 13.6. The van der Waals surface area contributed by atoms with Gasteiger partial charge in [0.1, 0.15) is 0 Å². The van der Waals surface area contributed by atoms with Crippen molar-refractivity contribution in [3.05, 3.63) is 56.8 Å². The molecule has 194 valence electrons. The van der Waals surface area contributed by atoms with Crippen molar-refractivity contribution in [1.82, 2.24) is 19.8 Å². The molecule has 3 rings (SSSR count). The number of carbonyl (C=O) groups excluding carboxylic acids is 1. The lowest BCUT2D eigenvalue weighted by atomic mass is 10.0. The van der Waals surface area contributed by atoms with E-state index in [9.17, 15) is 14.7 Å². The number of halogens is 1. The standard InChI is InChI=1S/C27H35BrN4O4/c1-15(2)31-13-17(4)23-20(10-18(28)11-22(23)31)24(33)29-12-21-16(3)9-19(30-25(21)36-8)14-32(26(34)35)27(5,6)7/h9-11,13,15H,12,14H2,1-8H3,(H,29,33)(H,34,35). The number of aryl methyl sites for hydroxylation is 2. The average Bonchev–Trinajstić information content (AvgIpc) is 3.10. The van der Waals surface area contributed by atoms with Crippen LogP contribution in [-0.4, -0.2) is 44.2 Å². The highest BCUT2D eigenvalue weighted by molar-refractivity contribution is 9.10. The molecule has 0 fully saturated rings. The van der Waals surface area contributed by atoms with Gasteiger partial charge in [0.15, 0.2) is 0 Å². The fraction of sp³-hybridized carbons (Fsp3) is 0.444. The molecule has 0 unspecified atom stereocenters. The first-order chi connectivity index (χ1) is 16.7. The fourth-order valence-corrected chi connectivity index (χ4v) is 4.82. The second kappa shape index (κ2) is 10.5. The number of carboxylic acid groups (broad SMARTS) is 1. The van der Waals surface area contributed by atoms with Crippen LogP contribution >= 0.6 is 15.9 Å². The van der Waals surface area contributed by atoms with Gasteiger partial charge < -0.3 is 19.7 Å². The van der Waals surface area contributed by atoms with Gasteiger partial charge in [0.25, 0.3) is 5.91 Å². The van der Waals surface area contributed by atoms with E-state index < -0.39 is 11.6 Å². The van der Waals surface area contributed by atoms with E-state index in [1.54, 1.807) is 0 Å². The summed E-state index contributed by atoms with van der Waals surface area (Å²) in [7, 11) is 1.52. The van der Waals surface area contributed by atoms with Crippen LogP contribution in [0.4, 0.5) is 4.79 Å². The Hall–Kier alpha value is -3.07. The molecule has 3 aromatic rings. The number of nitrogens with one attached hydrogen (secondary N) is 1. The number of methoxy groups -OCH3 is 1. The minimum absolute atomic E-state index is 0.130. The summed E-state index contributed by atoms with van der Waals surface area (Å²) in [4.78, 5) is 31.0. The molecule has 0 aliphatic carbocycles. The van der Waals surface area contributed by atoms with Crippen molar-refractivity contribution in [3.63, 3.8) is 0 Å². The van der Waals surface area contributed by atoms with Gasteiger partial charge >= 0.3 is 6.09 Å². The van der Waals surface area contributed by atoms with Gasteiger partial charge in [-0.3, -0.25) is 9.69 Å². The highest BCUT2D eigenvalue weighted by atomic mass is 79.9. The summed E-state index contributed by atoms with van der Waals surface area (Å²) in [6.45, 7) is 14.0. The van der Waals surface area contributed by atoms with Crippen LogP contribution in [0.25, 0.3) is 10.9 Å². The molecule has 0 bridgehead atoms. The first kappa shape index (κ1) is 27.5. The molecule has 2 N–H and O–H groups in total. The summed E-state index contributed by atoms with van der Waals surface area (Å²) < 4.78 is 8.53. The third-order valence-corrected chi connectivity index (χ3v) is 6.69. The summed E-state index contributed by atoms with van der Waals surface area (Å²) >= 11 is 3.56. The molecule has 0 saturated carbocycles. The summed E-state index contributed by atoms with van der Waals surface area (Å²) in [6.07, 6.45) is 1.06. The van der Waals surface area contributed by atoms with Crippen molar-refractivity contribution in [2.75, 3.05) is 7.11 Å². The van der Waals surface area contributed by atoms with E-state index in [4.69, 9.17) is 4.74 Å². The maximum Gasteiger partial charge on any atom is 0.408 e. The zero-order chi connectivity index (χ0) is 26.9. The lowest BCUT2D eigenvalue weighted by molar-refractivity contribution is 0.0936. The lowest BCUT2D eigenvalue weighted by Crippen LogP contribution is -2.44. The quantitative estimate of drug-likeness (QED) is 0.359. The Labute approximate surface area is 220 Å². The van der Waals surface area contributed by atoms with Crippen molar-refractivity contribution in [2.24, 2.45) is 0 Å². The second-order valence-electron chi connectivity index (χ2n) is 10.3. The van der Waals surface area contributed by atoms with Gasteiger partial charge in [0.2, 0.25) is 5.88 Å². The molecule has 1 aromatic carbocycles. The maximum atomic E-state index is 13.3. The highest BCUT2D eigenvalue weighted by Crippen LogP contribution is 2.31. The van der Waals surface area contributed by atoms with Crippen molar-refractivity contribution in [2.45, 2.75) is 73.1 Å². The number of hydrogen-bond donors (Lipinski definition) is 2. The van der Waals surface area contributed by atoms with Crippen molar-refractivity contribution in [1.29, 1.82) is 0 Å². The van der Waals surface area contributed by atoms with Crippen LogP contribution in [-0.2, 0) is 13.1 Å². The fourth-order valence-electron chi connectivity index (χ4n) is 4.38. The van der Waals surface area contributed by atoms with Crippen molar-refractivity contribution >= 4 is 38.8 Å². The van der Waals surface area contributed by atoms with Crippen LogP contribution < -0.4 is 10.1 Å².